The van der Waals surface area contributed by atoms with Crippen LogP contribution in [-0.4, -0.2) is 43.6 Å². The number of hydrogen-bond acceptors (Lipinski definition) is 3. The van der Waals surface area contributed by atoms with E-state index in [-0.39, 0.29) is 5.91 Å². The van der Waals surface area contributed by atoms with Crippen LogP contribution in [0.1, 0.15) is 25.3 Å². The highest BCUT2D eigenvalue weighted by atomic mass is 16.5. The molecule has 4 nitrogen and oxygen atoms in total. The van der Waals surface area contributed by atoms with Crippen molar-refractivity contribution in [3.8, 4) is 5.75 Å². The first-order chi connectivity index (χ1) is 9.76. The van der Waals surface area contributed by atoms with Gasteiger partial charge in [0.15, 0.2) is 0 Å². The minimum absolute atomic E-state index is 0.186. The Morgan fingerprint density at radius 2 is 2.25 bits per heavy atom. The fourth-order valence-electron chi connectivity index (χ4n) is 2.85. The Labute approximate surface area is 121 Å². The number of benzene rings is 1. The number of methoxy groups -OCH3 is 1. The molecule has 0 radical (unpaired) electrons. The smallest absolute Gasteiger partial charge is 0.227 e. The van der Waals surface area contributed by atoms with Crippen molar-refractivity contribution in [3.63, 3.8) is 0 Å². The van der Waals surface area contributed by atoms with Crippen molar-refractivity contribution in [1.29, 1.82) is 0 Å². The highest BCUT2D eigenvalue weighted by molar-refractivity contribution is 5.79. The monoisotopic (exact) mass is 276 g/mol. The largest absolute Gasteiger partial charge is 0.496 e. The Bertz CT molecular complexity index is 442. The van der Waals surface area contributed by atoms with Crippen molar-refractivity contribution in [1.82, 2.24) is 10.2 Å². The van der Waals surface area contributed by atoms with Crippen LogP contribution < -0.4 is 10.1 Å². The van der Waals surface area contributed by atoms with E-state index in [9.17, 15) is 4.79 Å². The van der Waals surface area contributed by atoms with E-state index in [2.05, 4.69) is 12.2 Å². The predicted octanol–water partition coefficient (Wildman–Crippen LogP) is 1.84. The van der Waals surface area contributed by atoms with E-state index < -0.39 is 0 Å². The van der Waals surface area contributed by atoms with Gasteiger partial charge < -0.3 is 15.0 Å². The molecule has 1 unspecified atom stereocenters. The average molecular weight is 276 g/mol. The normalized spacial score (nSPS) is 18.6. The fraction of sp³-hybridized carbons (Fsp3) is 0.562. The molecule has 1 aliphatic heterocycles. The highest BCUT2D eigenvalue weighted by Gasteiger charge is 2.24. The number of rotatable bonds is 5. The van der Waals surface area contributed by atoms with Crippen molar-refractivity contribution in [3.05, 3.63) is 29.8 Å². The van der Waals surface area contributed by atoms with Crippen LogP contribution >= 0.6 is 0 Å². The molecule has 0 saturated carbocycles. The molecule has 1 aromatic rings. The van der Waals surface area contributed by atoms with E-state index in [1.165, 1.54) is 0 Å². The summed E-state index contributed by atoms with van der Waals surface area (Å²) in [5.41, 5.74) is 0.960. The number of likely N-dealkylation sites (N-methyl/N-ethyl adjacent to an activating group) is 1. The first kappa shape index (κ1) is 14.9. The number of carbonyl (C=O) groups is 1. The van der Waals surface area contributed by atoms with Crippen molar-refractivity contribution in [2.75, 3.05) is 26.7 Å². The molecule has 0 spiro atoms. The number of nitrogens with zero attached hydrogens (tertiary/aromatic N) is 1. The molecule has 1 aliphatic rings. The number of nitrogens with one attached hydrogen (secondary N) is 1. The van der Waals surface area contributed by atoms with Crippen molar-refractivity contribution in [2.24, 2.45) is 0 Å². The summed E-state index contributed by atoms with van der Waals surface area (Å²) in [5, 5.41) is 3.37. The van der Waals surface area contributed by atoms with Crippen molar-refractivity contribution < 1.29 is 9.53 Å². The first-order valence-electron chi connectivity index (χ1n) is 7.38. The van der Waals surface area contributed by atoms with Gasteiger partial charge in [-0.05, 0) is 32.4 Å². The Kier molecular flexibility index (Phi) is 5.41. The zero-order valence-corrected chi connectivity index (χ0v) is 12.4. The van der Waals surface area contributed by atoms with Gasteiger partial charge in [0.1, 0.15) is 5.75 Å². The van der Waals surface area contributed by atoms with E-state index in [0.717, 1.165) is 43.8 Å². The molecule has 1 saturated heterocycles. The van der Waals surface area contributed by atoms with Crippen molar-refractivity contribution in [2.45, 2.75) is 32.2 Å². The summed E-state index contributed by atoms with van der Waals surface area (Å²) in [6.07, 6.45) is 2.65. The molecule has 0 bridgehead atoms. The lowest BCUT2D eigenvalue weighted by atomic mass is 10.0. The van der Waals surface area contributed by atoms with Gasteiger partial charge in [-0.3, -0.25) is 4.79 Å². The first-order valence-corrected chi connectivity index (χ1v) is 7.38. The van der Waals surface area contributed by atoms with Gasteiger partial charge in [-0.25, -0.2) is 0 Å². The SMILES string of the molecule is CCN(C(=O)Cc1ccccc1OC)C1CCCNC1. The molecule has 1 fully saturated rings. The molecular weight excluding hydrogens is 252 g/mol. The van der Waals surface area contributed by atoms with E-state index in [0.29, 0.717) is 12.5 Å². The Hall–Kier alpha value is -1.55. The van der Waals surface area contributed by atoms with Crippen LogP contribution in [0.5, 0.6) is 5.75 Å². The molecule has 0 aromatic heterocycles. The predicted molar refractivity (Wildman–Crippen MR) is 80.0 cm³/mol. The number of para-hydroxylation sites is 1. The minimum Gasteiger partial charge on any atom is -0.496 e. The van der Waals surface area contributed by atoms with Gasteiger partial charge in [0.05, 0.1) is 13.5 Å². The van der Waals surface area contributed by atoms with Gasteiger partial charge in [-0.2, -0.15) is 0 Å². The molecule has 1 heterocycles. The summed E-state index contributed by atoms with van der Waals surface area (Å²) < 4.78 is 5.32. The van der Waals surface area contributed by atoms with Gasteiger partial charge in [0.2, 0.25) is 5.91 Å². The third-order valence-corrected chi connectivity index (χ3v) is 3.91. The second-order valence-electron chi connectivity index (χ2n) is 5.17. The quantitative estimate of drug-likeness (QED) is 0.892. The maximum atomic E-state index is 12.6. The molecule has 4 heteroatoms. The summed E-state index contributed by atoms with van der Waals surface area (Å²) in [6, 6.07) is 8.07. The van der Waals surface area contributed by atoms with E-state index in [4.69, 9.17) is 4.74 Å². The number of ether oxygens (including phenoxy) is 1. The van der Waals surface area contributed by atoms with Crippen molar-refractivity contribution >= 4 is 5.91 Å². The number of amides is 1. The average Bonchev–Trinajstić information content (AvgIpc) is 2.49. The van der Waals surface area contributed by atoms with E-state index >= 15 is 0 Å². The lowest BCUT2D eigenvalue weighted by Crippen LogP contribution is -2.49. The molecule has 1 aromatic carbocycles. The summed E-state index contributed by atoms with van der Waals surface area (Å²) in [5.74, 6) is 0.976. The molecular formula is C16H24N2O2. The van der Waals surface area contributed by atoms with E-state index in [1.807, 2.05) is 29.2 Å². The van der Waals surface area contributed by atoms with E-state index in [1.54, 1.807) is 7.11 Å². The molecule has 20 heavy (non-hydrogen) atoms. The van der Waals surface area contributed by atoms with Crippen LogP contribution in [0.15, 0.2) is 24.3 Å². The molecule has 1 N–H and O–H groups in total. The maximum absolute atomic E-state index is 12.6. The van der Waals surface area contributed by atoms with Crippen LogP contribution in [0.3, 0.4) is 0 Å². The Morgan fingerprint density at radius 1 is 1.45 bits per heavy atom. The van der Waals surface area contributed by atoms with Gasteiger partial charge in [-0.15, -0.1) is 0 Å². The molecule has 110 valence electrons. The fourth-order valence-corrected chi connectivity index (χ4v) is 2.85. The molecule has 1 atom stereocenters. The standard InChI is InChI=1S/C16H24N2O2/c1-3-18(14-8-6-10-17-12-14)16(19)11-13-7-4-5-9-15(13)20-2/h4-5,7,9,14,17H,3,6,8,10-12H2,1-2H3. The van der Waals surface area contributed by atoms with Gasteiger partial charge in [-0.1, -0.05) is 18.2 Å². The second-order valence-corrected chi connectivity index (χ2v) is 5.17. The van der Waals surface area contributed by atoms with Crippen LogP contribution in [-0.2, 0) is 11.2 Å². The summed E-state index contributed by atoms with van der Waals surface area (Å²) >= 11 is 0. The second kappa shape index (κ2) is 7.29. The summed E-state index contributed by atoms with van der Waals surface area (Å²) in [4.78, 5) is 14.6. The Balaban J connectivity index is 2.05. The number of carbonyl (C=O) groups excluding carboxylic acids is 1. The third-order valence-electron chi connectivity index (χ3n) is 3.91. The lowest BCUT2D eigenvalue weighted by molar-refractivity contribution is -0.132. The topological polar surface area (TPSA) is 41.6 Å². The highest BCUT2D eigenvalue weighted by Crippen LogP contribution is 2.20. The number of piperidine rings is 1. The number of hydrogen-bond donors (Lipinski definition) is 1. The third kappa shape index (κ3) is 3.51. The van der Waals surface area contributed by atoms with Gasteiger partial charge in [0.25, 0.3) is 0 Å². The minimum atomic E-state index is 0.186. The zero-order chi connectivity index (χ0) is 14.4. The van der Waals surface area contributed by atoms with Crippen LogP contribution in [0.2, 0.25) is 0 Å². The maximum Gasteiger partial charge on any atom is 0.227 e. The lowest BCUT2D eigenvalue weighted by Gasteiger charge is -2.34. The van der Waals surface area contributed by atoms with Crippen LogP contribution in [0, 0.1) is 0 Å². The molecule has 0 aliphatic carbocycles. The summed E-state index contributed by atoms with van der Waals surface area (Å²) in [6.45, 7) is 4.79. The molecule has 2 rings (SSSR count). The molecule has 1 amide bonds. The van der Waals surface area contributed by atoms with Gasteiger partial charge >= 0.3 is 0 Å². The Morgan fingerprint density at radius 3 is 2.90 bits per heavy atom. The summed E-state index contributed by atoms with van der Waals surface area (Å²) in [7, 11) is 1.64. The zero-order valence-electron chi connectivity index (χ0n) is 12.4. The van der Waals surface area contributed by atoms with Crippen LogP contribution in [0.25, 0.3) is 0 Å². The van der Waals surface area contributed by atoms with Gasteiger partial charge in [0, 0.05) is 24.7 Å². The van der Waals surface area contributed by atoms with Crippen LogP contribution in [0.4, 0.5) is 0 Å².